The normalized spacial score (nSPS) is 21.2. The lowest BCUT2D eigenvalue weighted by atomic mass is 9.99. The van der Waals surface area contributed by atoms with Crippen molar-refractivity contribution in [2.45, 2.75) is 76.1 Å². The highest BCUT2D eigenvalue weighted by molar-refractivity contribution is 7.98. The van der Waals surface area contributed by atoms with Gasteiger partial charge in [-0.1, -0.05) is 30.0 Å². The number of nitrogens with zero attached hydrogens (tertiary/aromatic N) is 5. The number of benzene rings is 1. The molecule has 10 nitrogen and oxygen atoms in total. The van der Waals surface area contributed by atoms with Gasteiger partial charge in [-0.15, -0.1) is 0 Å². The Balaban J connectivity index is 1.47. The monoisotopic (exact) mass is 597 g/mol. The van der Waals surface area contributed by atoms with Gasteiger partial charge in [-0.25, -0.2) is 14.8 Å². The van der Waals surface area contributed by atoms with Gasteiger partial charge in [0.25, 0.3) is 5.88 Å². The topological polar surface area (TPSA) is 99.1 Å². The minimum Gasteiger partial charge on any atom is -0.444 e. The number of amides is 1. The Morgan fingerprint density at radius 1 is 1.12 bits per heavy atom. The van der Waals surface area contributed by atoms with Crippen LogP contribution in [0.4, 0.5) is 15.0 Å². The molecule has 2 aromatic heterocycles. The van der Waals surface area contributed by atoms with E-state index in [4.69, 9.17) is 23.9 Å². The van der Waals surface area contributed by atoms with E-state index in [-0.39, 0.29) is 23.5 Å². The van der Waals surface area contributed by atoms with Crippen molar-refractivity contribution in [1.29, 1.82) is 0 Å². The standard InChI is InChI=1S/C30H36FN5O5S/c1-17-11-13-35(17)25-20-16-32-28(42-5)33-23(20)22(31)26(34-25)40-24-18(8-6-9-19(24)27-38-14-15-39-27)21-10-7-12-36(21)29(37)41-30(2,3)4/h6,8-9,16-17,21,27H,7,10-15H2,1-5H3/t17-,21?/m0/s1. The molecule has 3 aliphatic heterocycles. The van der Waals surface area contributed by atoms with Crippen LogP contribution < -0.4 is 9.64 Å². The summed E-state index contributed by atoms with van der Waals surface area (Å²) in [5.74, 6) is 0.0636. The smallest absolute Gasteiger partial charge is 0.410 e. The van der Waals surface area contributed by atoms with Gasteiger partial charge in [0.15, 0.2) is 11.4 Å². The average Bonchev–Trinajstić information content (AvgIpc) is 3.66. The van der Waals surface area contributed by atoms with Crippen molar-refractivity contribution >= 4 is 34.6 Å². The molecule has 42 heavy (non-hydrogen) atoms. The number of anilines is 1. The van der Waals surface area contributed by atoms with Crippen molar-refractivity contribution in [1.82, 2.24) is 19.9 Å². The number of hydrogen-bond acceptors (Lipinski definition) is 10. The summed E-state index contributed by atoms with van der Waals surface area (Å²) in [5, 5.41) is 0.987. The Hall–Kier alpha value is -3.22. The van der Waals surface area contributed by atoms with Gasteiger partial charge in [-0.05, 0) is 53.2 Å². The molecule has 3 fully saturated rings. The minimum absolute atomic E-state index is 0.150. The molecule has 0 aliphatic carbocycles. The molecule has 12 heteroatoms. The second-order valence-electron chi connectivity index (χ2n) is 11.8. The lowest BCUT2D eigenvalue weighted by Crippen LogP contribution is -2.46. The van der Waals surface area contributed by atoms with E-state index in [1.807, 2.05) is 45.2 Å². The number of pyridine rings is 1. The van der Waals surface area contributed by atoms with Crippen molar-refractivity contribution in [2.75, 3.05) is 37.5 Å². The number of halogens is 1. The predicted molar refractivity (Wildman–Crippen MR) is 157 cm³/mol. The first-order chi connectivity index (χ1) is 20.1. The van der Waals surface area contributed by atoms with Gasteiger partial charge in [0.1, 0.15) is 22.7 Å². The highest BCUT2D eigenvalue weighted by Gasteiger charge is 2.37. The molecule has 3 aromatic rings. The molecular formula is C30H36FN5O5S. The number of ether oxygens (including phenoxy) is 4. The Labute approximate surface area is 248 Å². The van der Waals surface area contributed by atoms with E-state index >= 15 is 4.39 Å². The molecule has 1 amide bonds. The molecule has 3 saturated heterocycles. The average molecular weight is 598 g/mol. The zero-order chi connectivity index (χ0) is 29.6. The third kappa shape index (κ3) is 5.47. The van der Waals surface area contributed by atoms with Gasteiger partial charge >= 0.3 is 6.09 Å². The first kappa shape index (κ1) is 28.9. The first-order valence-electron chi connectivity index (χ1n) is 14.3. The van der Waals surface area contributed by atoms with Crippen LogP contribution in [0, 0.1) is 5.82 Å². The van der Waals surface area contributed by atoms with Gasteiger partial charge in [0, 0.05) is 30.9 Å². The highest BCUT2D eigenvalue weighted by Crippen LogP contribution is 2.45. The summed E-state index contributed by atoms with van der Waals surface area (Å²) in [6.45, 7) is 9.81. The third-order valence-corrected chi connectivity index (χ3v) is 8.34. The molecular weight excluding hydrogens is 561 g/mol. The maximum absolute atomic E-state index is 16.3. The molecule has 224 valence electrons. The number of carbonyl (C=O) groups is 1. The summed E-state index contributed by atoms with van der Waals surface area (Å²) in [4.78, 5) is 30.6. The van der Waals surface area contributed by atoms with Crippen LogP contribution in [0.2, 0.25) is 0 Å². The predicted octanol–water partition coefficient (Wildman–Crippen LogP) is 6.39. The minimum atomic E-state index is -0.694. The molecule has 1 aromatic carbocycles. The largest absolute Gasteiger partial charge is 0.444 e. The molecule has 0 N–H and O–H groups in total. The fourth-order valence-electron chi connectivity index (χ4n) is 5.62. The van der Waals surface area contributed by atoms with Crippen LogP contribution >= 0.6 is 11.8 Å². The van der Waals surface area contributed by atoms with Crippen LogP contribution in [0.5, 0.6) is 11.6 Å². The second-order valence-corrected chi connectivity index (χ2v) is 12.6. The quantitative estimate of drug-likeness (QED) is 0.235. The van der Waals surface area contributed by atoms with E-state index in [9.17, 15) is 4.79 Å². The van der Waals surface area contributed by atoms with E-state index in [1.165, 1.54) is 11.8 Å². The van der Waals surface area contributed by atoms with Crippen LogP contribution in [0.3, 0.4) is 0 Å². The van der Waals surface area contributed by atoms with Crippen LogP contribution in [-0.4, -0.2) is 70.1 Å². The van der Waals surface area contributed by atoms with Crippen LogP contribution in [0.25, 0.3) is 10.9 Å². The second kappa shape index (κ2) is 11.5. The number of likely N-dealkylation sites (tertiary alicyclic amines) is 1. The number of para-hydroxylation sites is 1. The summed E-state index contributed by atoms with van der Waals surface area (Å²) < 4.78 is 40.2. The van der Waals surface area contributed by atoms with Crippen molar-refractivity contribution in [3.63, 3.8) is 0 Å². The Morgan fingerprint density at radius 3 is 2.55 bits per heavy atom. The van der Waals surface area contributed by atoms with E-state index < -0.39 is 23.8 Å². The highest BCUT2D eigenvalue weighted by atomic mass is 32.2. The zero-order valence-electron chi connectivity index (χ0n) is 24.6. The summed E-state index contributed by atoms with van der Waals surface area (Å²) in [6, 6.07) is 5.51. The number of hydrogen-bond donors (Lipinski definition) is 0. The van der Waals surface area contributed by atoms with Gasteiger partial charge in [-0.3, -0.25) is 0 Å². The zero-order valence-corrected chi connectivity index (χ0v) is 25.4. The number of rotatable bonds is 6. The van der Waals surface area contributed by atoms with Crippen molar-refractivity contribution in [2.24, 2.45) is 0 Å². The van der Waals surface area contributed by atoms with E-state index in [1.54, 1.807) is 11.1 Å². The summed E-state index contributed by atoms with van der Waals surface area (Å²) >= 11 is 1.34. The maximum Gasteiger partial charge on any atom is 0.410 e. The molecule has 0 saturated carbocycles. The SMILES string of the molecule is CSc1ncc2c(N3CC[C@@H]3C)nc(Oc3c(C4OCCO4)cccc3C3CCCN3C(=O)OC(C)(C)C)c(F)c2n1. The lowest BCUT2D eigenvalue weighted by Gasteiger charge is -2.40. The lowest BCUT2D eigenvalue weighted by molar-refractivity contribution is -0.0454. The Kier molecular flexibility index (Phi) is 7.88. The number of carbonyl (C=O) groups excluding carboxylic acids is 1. The first-order valence-corrected chi connectivity index (χ1v) is 15.6. The van der Waals surface area contributed by atoms with Crippen molar-refractivity contribution in [3.8, 4) is 11.6 Å². The van der Waals surface area contributed by atoms with Crippen LogP contribution in [0.15, 0.2) is 29.6 Å². The molecule has 0 radical (unpaired) electrons. The van der Waals surface area contributed by atoms with Gasteiger partial charge in [0.05, 0.1) is 30.2 Å². The van der Waals surface area contributed by atoms with Gasteiger partial charge in [0.2, 0.25) is 5.82 Å². The number of aromatic nitrogens is 3. The fourth-order valence-corrected chi connectivity index (χ4v) is 5.96. The molecule has 5 heterocycles. The van der Waals surface area contributed by atoms with Crippen LogP contribution in [0.1, 0.15) is 70.4 Å². The van der Waals surface area contributed by atoms with Crippen molar-refractivity contribution < 1.29 is 28.1 Å². The van der Waals surface area contributed by atoms with E-state index in [0.717, 1.165) is 19.4 Å². The molecule has 6 rings (SSSR count). The molecule has 0 spiro atoms. The van der Waals surface area contributed by atoms with Crippen LogP contribution in [-0.2, 0) is 14.2 Å². The number of fused-ring (bicyclic) bond motifs is 1. The number of thioether (sulfide) groups is 1. The third-order valence-electron chi connectivity index (χ3n) is 7.78. The summed E-state index contributed by atoms with van der Waals surface area (Å²) in [7, 11) is 0. The summed E-state index contributed by atoms with van der Waals surface area (Å²) in [6.07, 6.45) is 4.87. The van der Waals surface area contributed by atoms with Gasteiger partial charge in [-0.2, -0.15) is 9.37 Å². The molecule has 1 unspecified atom stereocenters. The Bertz CT molecular complexity index is 1500. The molecule has 0 bridgehead atoms. The Morgan fingerprint density at radius 2 is 1.88 bits per heavy atom. The molecule has 2 atom stereocenters. The van der Waals surface area contributed by atoms with Crippen molar-refractivity contribution in [3.05, 3.63) is 41.3 Å². The molecule has 3 aliphatic rings. The van der Waals surface area contributed by atoms with Gasteiger partial charge < -0.3 is 28.7 Å². The van der Waals surface area contributed by atoms with E-state index in [0.29, 0.717) is 59.4 Å². The van der Waals surface area contributed by atoms with E-state index in [2.05, 4.69) is 21.8 Å². The summed E-state index contributed by atoms with van der Waals surface area (Å²) in [5.41, 5.74) is 0.824. The fraction of sp³-hybridized carbons (Fsp3) is 0.533. The maximum atomic E-state index is 16.3.